The van der Waals surface area contributed by atoms with Crippen LogP contribution in [0.5, 0.6) is 0 Å². The van der Waals surface area contributed by atoms with Crippen LogP contribution in [-0.4, -0.2) is 168 Å². The number of aliphatic imine (C=N–C) groups is 1. The molecule has 246 valence electrons. The molecular formula is C28H81Ge2N9. The number of hydrogen-bond acceptors (Lipinski definition) is 3. The van der Waals surface area contributed by atoms with E-state index < -0.39 is 29.1 Å². The van der Waals surface area contributed by atoms with Crippen molar-refractivity contribution in [3.8, 4) is 0 Å². The molecule has 0 bridgehead atoms. The first kappa shape index (κ1) is 61.8. The molecular weight excluding hydrogens is 608 g/mol. The Morgan fingerprint density at radius 3 is 0.795 bits per heavy atom. The predicted octanol–water partition coefficient (Wildman–Crippen LogP) is 5.59. The summed E-state index contributed by atoms with van der Waals surface area (Å²) in [4.78, 5) is 16.3. The summed E-state index contributed by atoms with van der Waals surface area (Å²) < 4.78 is 9.50. The summed E-state index contributed by atoms with van der Waals surface area (Å²) in [5, 5.41) is 2.60. The summed E-state index contributed by atoms with van der Waals surface area (Å²) in [7, 11) is 26.0. The molecule has 0 aliphatic rings. The fourth-order valence-electron chi connectivity index (χ4n) is 2.93. The van der Waals surface area contributed by atoms with Crippen LogP contribution in [-0.2, 0) is 0 Å². The summed E-state index contributed by atoms with van der Waals surface area (Å²) >= 11 is -2.57. The van der Waals surface area contributed by atoms with E-state index in [2.05, 4.69) is 82.1 Å². The quantitative estimate of drug-likeness (QED) is 0.218. The summed E-state index contributed by atoms with van der Waals surface area (Å²) in [5.41, 5.74) is 0. The molecule has 0 amide bonds. The van der Waals surface area contributed by atoms with Crippen LogP contribution in [0.4, 0.5) is 0 Å². The van der Waals surface area contributed by atoms with Gasteiger partial charge in [-0.1, -0.05) is 44.6 Å². The second kappa shape index (κ2) is 34.9. The Hall–Kier alpha value is -1.10. The Morgan fingerprint density at radius 2 is 0.692 bits per heavy atom. The van der Waals surface area contributed by atoms with Crippen LogP contribution in [0.1, 0.15) is 58.4 Å². The van der Waals surface area contributed by atoms with Crippen molar-refractivity contribution in [3.05, 3.63) is 0 Å². The molecule has 0 radical (unpaired) electrons. The van der Waals surface area contributed by atoms with E-state index in [9.17, 15) is 0 Å². The van der Waals surface area contributed by atoms with Crippen LogP contribution >= 0.6 is 0 Å². The summed E-state index contributed by atoms with van der Waals surface area (Å²) in [6.45, 7) is 4.53. The Balaban J connectivity index is -0.0000000465. The van der Waals surface area contributed by atoms with Crippen LogP contribution in [0.15, 0.2) is 12.9 Å². The van der Waals surface area contributed by atoms with Crippen molar-refractivity contribution < 1.29 is 0 Å². The van der Waals surface area contributed by atoms with Gasteiger partial charge in [0.1, 0.15) is 0 Å². The normalized spacial score (nSPS) is 8.08. The first-order valence-electron chi connectivity index (χ1n) is 11.7. The summed E-state index contributed by atoms with van der Waals surface area (Å²) in [5.74, 6) is 7.74. The third kappa shape index (κ3) is 33.0. The maximum atomic E-state index is 4.87. The second-order valence-electron chi connectivity index (χ2n) is 9.31. The van der Waals surface area contributed by atoms with Gasteiger partial charge in [0.25, 0.3) is 0 Å². The fraction of sp³-hybridized carbons (Fsp3) is 0.893. The average molecular weight is 689 g/mol. The van der Waals surface area contributed by atoms with E-state index in [0.717, 1.165) is 17.9 Å². The molecule has 0 saturated heterocycles. The molecule has 0 atom stereocenters. The second-order valence-corrected chi connectivity index (χ2v) is 21.2. The maximum absolute atomic E-state index is 4.87. The van der Waals surface area contributed by atoms with E-state index in [4.69, 9.17) is 3.95 Å². The van der Waals surface area contributed by atoms with Crippen LogP contribution in [0.2, 0.25) is 22.0 Å². The molecule has 11 heteroatoms. The monoisotopic (exact) mass is 692 g/mol. The van der Waals surface area contributed by atoms with E-state index in [1.165, 1.54) is 10.5 Å². The van der Waals surface area contributed by atoms with E-state index in [0.29, 0.717) is 0 Å². The van der Waals surface area contributed by atoms with Crippen molar-refractivity contribution in [1.29, 1.82) is 0 Å². The van der Waals surface area contributed by atoms with Gasteiger partial charge in [0.2, 0.25) is 0 Å². The molecule has 0 fully saturated rings. The zero-order valence-corrected chi connectivity index (χ0v) is 29.9. The Morgan fingerprint density at radius 1 is 0.462 bits per heavy atom. The van der Waals surface area contributed by atoms with Gasteiger partial charge in [-0.05, 0) is 0 Å². The Kier molecular flexibility index (Phi) is 55.3. The molecule has 0 rings (SSSR count). The van der Waals surface area contributed by atoms with Gasteiger partial charge in [0, 0.05) is 35.2 Å². The molecule has 39 heavy (non-hydrogen) atoms. The van der Waals surface area contributed by atoms with Gasteiger partial charge in [0.15, 0.2) is 5.96 Å². The van der Waals surface area contributed by atoms with Crippen molar-refractivity contribution in [2.45, 2.75) is 80.4 Å². The van der Waals surface area contributed by atoms with E-state index in [-0.39, 0.29) is 44.6 Å². The molecule has 0 aromatic carbocycles. The van der Waals surface area contributed by atoms with Crippen molar-refractivity contribution in [2.75, 3.05) is 91.6 Å². The predicted molar refractivity (Wildman–Crippen MR) is 198 cm³/mol. The summed E-state index contributed by atoms with van der Waals surface area (Å²) in [6.07, 6.45) is 0. The molecule has 0 aromatic rings. The number of rotatable bonds is 4. The van der Waals surface area contributed by atoms with E-state index >= 15 is 0 Å². The van der Waals surface area contributed by atoms with Crippen molar-refractivity contribution in [3.63, 3.8) is 0 Å². The van der Waals surface area contributed by atoms with Crippen LogP contribution in [0.3, 0.4) is 0 Å². The van der Waals surface area contributed by atoms with Gasteiger partial charge < -0.3 is 9.80 Å². The third-order valence-electron chi connectivity index (χ3n) is 4.21. The van der Waals surface area contributed by atoms with E-state index in [1.807, 2.05) is 66.2 Å². The number of guanidine groups is 3. The first-order valence-corrected chi connectivity index (χ1v) is 22.2. The average Bonchev–Trinajstić information content (AvgIpc) is 2.66. The zero-order valence-electron chi connectivity index (χ0n) is 25.1. The van der Waals surface area contributed by atoms with Gasteiger partial charge >= 0.3 is 161 Å². The van der Waals surface area contributed by atoms with Gasteiger partial charge in [0.05, 0.1) is 0 Å². The molecule has 9 nitrogen and oxygen atoms in total. The van der Waals surface area contributed by atoms with E-state index in [1.54, 1.807) is 7.05 Å². The minimum absolute atomic E-state index is 0. The number of hydrogen-bond donors (Lipinski definition) is 0. The molecule has 0 heterocycles. The molecule has 0 aromatic heterocycles. The molecule has 0 aliphatic heterocycles. The zero-order chi connectivity index (χ0) is 26.9. The Bertz CT molecular complexity index is 539. The van der Waals surface area contributed by atoms with Crippen LogP contribution in [0.25, 0.3) is 0 Å². The standard InChI is InChI=1S/C9H23GeN3.C7H19GeN3.C6H15N3.6CH4/c1-7-10(8-2)11-9(12(3)4)13(5)6;1-8(2)9-7(10(3)4)11(5)6;1-7-6(8(2)3)9(4)5;;;;;;/h10H,7-8H2,1-6H3;8H,1-6H3;1-5H3;6*1H4. The molecule has 0 N–H and O–H groups in total. The fourth-order valence-corrected chi connectivity index (χ4v) is 8.50. The van der Waals surface area contributed by atoms with Crippen molar-refractivity contribution in [1.82, 2.24) is 29.4 Å². The molecule has 0 spiro atoms. The third-order valence-corrected chi connectivity index (χ3v) is 11.0. The van der Waals surface area contributed by atoms with Crippen LogP contribution < -0.4 is 0 Å². The topological polar surface area (TPSA) is 56.5 Å². The number of nitrogens with zero attached hydrogens (tertiary/aromatic N) is 9. The molecule has 0 saturated carbocycles. The Labute approximate surface area is 260 Å². The van der Waals surface area contributed by atoms with Crippen LogP contribution in [0, 0.1) is 0 Å². The van der Waals surface area contributed by atoms with Gasteiger partial charge in [-0.2, -0.15) is 0 Å². The molecule has 0 unspecified atom stereocenters. The molecule has 0 aliphatic carbocycles. The SMILES string of the molecule is C.C.C.C.C.C.CN(C)C(=[N][GeH]([CH3])[CH3])N(C)C.CN=C(N(C)C)N(C)C.C[CH2][GeH]([CH2]C)[N]=C(N(C)C)N(C)C. The first-order chi connectivity index (χ1) is 15.1. The van der Waals surface area contributed by atoms with Gasteiger partial charge in [-0.3, -0.25) is 4.99 Å². The van der Waals surface area contributed by atoms with Crippen molar-refractivity contribution >= 4 is 47.0 Å². The van der Waals surface area contributed by atoms with Gasteiger partial charge in [-0.15, -0.1) is 0 Å². The van der Waals surface area contributed by atoms with Gasteiger partial charge in [-0.25, -0.2) is 0 Å². The minimum atomic E-state index is -1.32. The van der Waals surface area contributed by atoms with Crippen molar-refractivity contribution in [2.24, 2.45) is 12.9 Å². The summed E-state index contributed by atoms with van der Waals surface area (Å²) in [6, 6.07) is 0.